The highest BCUT2D eigenvalue weighted by Gasteiger charge is 2.56. The predicted molar refractivity (Wildman–Crippen MR) is 77.7 cm³/mol. The van der Waals surface area contributed by atoms with E-state index in [1.54, 1.807) is 24.1 Å². The molecule has 0 radical (unpaired) electrons. The number of likely N-dealkylation sites (N-methyl/N-ethyl adjacent to an activating group) is 1. The zero-order chi connectivity index (χ0) is 16.5. The van der Waals surface area contributed by atoms with Gasteiger partial charge in [-0.25, -0.2) is 4.39 Å². The normalized spacial score (nSPS) is 28.5. The van der Waals surface area contributed by atoms with Gasteiger partial charge >= 0.3 is 11.9 Å². The molecule has 22 heavy (non-hydrogen) atoms. The summed E-state index contributed by atoms with van der Waals surface area (Å²) >= 11 is 0. The fourth-order valence-corrected chi connectivity index (χ4v) is 3.45. The van der Waals surface area contributed by atoms with Crippen molar-refractivity contribution in [2.45, 2.75) is 31.3 Å². The van der Waals surface area contributed by atoms with E-state index in [4.69, 9.17) is 4.74 Å². The molecule has 5 nitrogen and oxygen atoms in total. The first kappa shape index (κ1) is 16.4. The van der Waals surface area contributed by atoms with Crippen LogP contribution >= 0.6 is 0 Å². The molecule has 1 fully saturated rings. The molecule has 1 saturated heterocycles. The molecule has 0 aliphatic carbocycles. The highest BCUT2D eigenvalue weighted by Crippen LogP contribution is 2.47. The number of ether oxygens (including phenoxy) is 1. The molecule has 1 N–H and O–H groups in total. The Morgan fingerprint density at radius 3 is 2.45 bits per heavy atom. The quantitative estimate of drug-likeness (QED) is 0.864. The number of nitrogens with zero attached hydrogens (tertiary/aromatic N) is 1. The summed E-state index contributed by atoms with van der Waals surface area (Å²) in [5.41, 5.74) is -0.299. The van der Waals surface area contributed by atoms with Gasteiger partial charge in [0, 0.05) is 6.04 Å². The average Bonchev–Trinajstić information content (AvgIpc) is 2.81. The zero-order valence-electron chi connectivity index (χ0n) is 12.9. The Kier molecular flexibility index (Phi) is 4.51. The van der Waals surface area contributed by atoms with Crippen LogP contribution in [0.5, 0.6) is 0 Å². The summed E-state index contributed by atoms with van der Waals surface area (Å²) in [5, 5.41) is 9.55. The Bertz CT molecular complexity index is 574. The number of aliphatic carboxylic acids is 1. The number of carbonyl (C=O) groups is 2. The summed E-state index contributed by atoms with van der Waals surface area (Å²) in [4.78, 5) is 25.7. The molecule has 3 unspecified atom stereocenters. The number of hydrogen-bond donors (Lipinski definition) is 1. The van der Waals surface area contributed by atoms with Gasteiger partial charge in [-0.2, -0.15) is 0 Å². The first-order chi connectivity index (χ1) is 10.4. The Labute approximate surface area is 128 Å². The molecule has 6 heteroatoms. The molecule has 3 atom stereocenters. The van der Waals surface area contributed by atoms with Gasteiger partial charge in [0.2, 0.25) is 0 Å². The first-order valence-electron chi connectivity index (χ1n) is 7.17. The lowest BCUT2D eigenvalue weighted by molar-refractivity contribution is -0.153. The topological polar surface area (TPSA) is 66.8 Å². The van der Waals surface area contributed by atoms with Crippen molar-refractivity contribution in [3.8, 4) is 0 Å². The van der Waals surface area contributed by atoms with Gasteiger partial charge in [0.1, 0.15) is 11.4 Å². The first-order valence-corrected chi connectivity index (χ1v) is 7.17. The van der Waals surface area contributed by atoms with Crippen molar-refractivity contribution in [1.29, 1.82) is 0 Å². The molecular formula is C16H20FNO4. The number of esters is 1. The van der Waals surface area contributed by atoms with Gasteiger partial charge in [0.25, 0.3) is 0 Å². The molecule has 0 aromatic heterocycles. The van der Waals surface area contributed by atoms with Crippen LogP contribution < -0.4 is 0 Å². The SMILES string of the molecule is CCC1(C(=O)OC)CC(C(=O)O)C(c2ccc(F)cc2)N1C. The van der Waals surface area contributed by atoms with E-state index in [0.717, 1.165) is 0 Å². The number of rotatable bonds is 4. The van der Waals surface area contributed by atoms with E-state index in [9.17, 15) is 19.1 Å². The fraction of sp³-hybridized carbons (Fsp3) is 0.500. The van der Waals surface area contributed by atoms with Crippen LogP contribution in [0.2, 0.25) is 0 Å². The lowest BCUT2D eigenvalue weighted by atomic mass is 9.87. The number of methoxy groups -OCH3 is 1. The van der Waals surface area contributed by atoms with Crippen LogP contribution in [0.25, 0.3) is 0 Å². The molecule has 1 aromatic carbocycles. The van der Waals surface area contributed by atoms with Crippen molar-refractivity contribution in [1.82, 2.24) is 4.90 Å². The zero-order valence-corrected chi connectivity index (χ0v) is 12.9. The van der Waals surface area contributed by atoms with E-state index in [2.05, 4.69) is 0 Å². The van der Waals surface area contributed by atoms with Crippen LogP contribution in [0.4, 0.5) is 4.39 Å². The minimum Gasteiger partial charge on any atom is -0.481 e. The minimum absolute atomic E-state index is 0.171. The van der Waals surface area contributed by atoms with Crippen molar-refractivity contribution in [3.05, 3.63) is 35.6 Å². The molecule has 2 rings (SSSR count). The van der Waals surface area contributed by atoms with Crippen LogP contribution in [0.3, 0.4) is 0 Å². The second-order valence-electron chi connectivity index (χ2n) is 5.63. The van der Waals surface area contributed by atoms with Crippen LogP contribution in [-0.4, -0.2) is 41.6 Å². The molecule has 120 valence electrons. The summed E-state index contributed by atoms with van der Waals surface area (Å²) < 4.78 is 18.0. The fourth-order valence-electron chi connectivity index (χ4n) is 3.45. The smallest absolute Gasteiger partial charge is 0.326 e. The maximum atomic E-state index is 13.1. The van der Waals surface area contributed by atoms with Crippen LogP contribution in [-0.2, 0) is 14.3 Å². The molecule has 0 saturated carbocycles. The molecule has 0 spiro atoms. The van der Waals surface area contributed by atoms with E-state index >= 15 is 0 Å². The Morgan fingerprint density at radius 2 is 2.00 bits per heavy atom. The van der Waals surface area contributed by atoms with Crippen molar-refractivity contribution < 1.29 is 23.8 Å². The molecule has 1 aliphatic rings. The van der Waals surface area contributed by atoms with Gasteiger partial charge in [-0.1, -0.05) is 19.1 Å². The summed E-state index contributed by atoms with van der Waals surface area (Å²) in [7, 11) is 3.02. The van der Waals surface area contributed by atoms with Crippen LogP contribution in [0.1, 0.15) is 31.4 Å². The highest BCUT2D eigenvalue weighted by atomic mass is 19.1. The average molecular weight is 309 g/mol. The molecule has 1 aromatic rings. The van der Waals surface area contributed by atoms with Crippen molar-refractivity contribution in [2.24, 2.45) is 5.92 Å². The largest absolute Gasteiger partial charge is 0.481 e. The molecule has 1 aliphatic heterocycles. The third-order valence-electron chi connectivity index (χ3n) is 4.71. The van der Waals surface area contributed by atoms with Crippen LogP contribution in [0, 0.1) is 11.7 Å². The van der Waals surface area contributed by atoms with Gasteiger partial charge in [0.15, 0.2) is 0 Å². The Morgan fingerprint density at radius 1 is 1.41 bits per heavy atom. The summed E-state index contributed by atoms with van der Waals surface area (Å²) in [6.45, 7) is 1.83. The number of halogens is 1. The van der Waals surface area contributed by atoms with Crippen LogP contribution in [0.15, 0.2) is 24.3 Å². The second kappa shape index (κ2) is 6.04. The van der Waals surface area contributed by atoms with E-state index < -0.39 is 29.4 Å². The summed E-state index contributed by atoms with van der Waals surface area (Å²) in [6.07, 6.45) is 0.613. The number of likely N-dealkylation sites (tertiary alicyclic amines) is 1. The van der Waals surface area contributed by atoms with Crippen molar-refractivity contribution in [2.75, 3.05) is 14.2 Å². The number of carbonyl (C=O) groups excluding carboxylic acids is 1. The van der Waals surface area contributed by atoms with E-state index in [1.165, 1.54) is 19.2 Å². The Balaban J connectivity index is 2.49. The highest BCUT2D eigenvalue weighted by molar-refractivity contribution is 5.84. The van der Waals surface area contributed by atoms with Gasteiger partial charge in [0.05, 0.1) is 13.0 Å². The number of carboxylic acids is 1. The molecule has 1 heterocycles. The van der Waals surface area contributed by atoms with Crippen molar-refractivity contribution in [3.63, 3.8) is 0 Å². The summed E-state index contributed by atoms with van der Waals surface area (Å²) in [5.74, 6) is -2.55. The number of carboxylic acid groups (broad SMARTS) is 1. The van der Waals surface area contributed by atoms with E-state index in [-0.39, 0.29) is 12.2 Å². The minimum atomic E-state index is -0.975. The van der Waals surface area contributed by atoms with Gasteiger partial charge < -0.3 is 9.84 Å². The summed E-state index contributed by atoms with van der Waals surface area (Å²) in [6, 6.07) is 5.22. The number of hydrogen-bond acceptors (Lipinski definition) is 4. The van der Waals surface area contributed by atoms with Gasteiger partial charge in [-0.3, -0.25) is 14.5 Å². The predicted octanol–water partition coefficient (Wildman–Crippen LogP) is 2.22. The second-order valence-corrected chi connectivity index (χ2v) is 5.63. The monoisotopic (exact) mass is 309 g/mol. The van der Waals surface area contributed by atoms with Crippen molar-refractivity contribution >= 4 is 11.9 Å². The third kappa shape index (κ3) is 2.47. The maximum Gasteiger partial charge on any atom is 0.326 e. The lowest BCUT2D eigenvalue weighted by Crippen LogP contribution is -2.49. The van der Waals surface area contributed by atoms with Gasteiger partial charge in [-0.05, 0) is 37.6 Å². The maximum absolute atomic E-state index is 13.1. The standard InChI is InChI=1S/C16H20FNO4/c1-4-16(15(21)22-3)9-12(14(19)20)13(18(16)2)10-5-7-11(17)8-6-10/h5-8,12-13H,4,9H2,1-3H3,(H,19,20). The third-order valence-corrected chi connectivity index (χ3v) is 4.71. The lowest BCUT2D eigenvalue weighted by Gasteiger charge is -2.35. The Hall–Kier alpha value is -1.95. The van der Waals surface area contributed by atoms with E-state index in [1.807, 2.05) is 6.92 Å². The number of benzene rings is 1. The van der Waals surface area contributed by atoms with Gasteiger partial charge in [-0.15, -0.1) is 0 Å². The molecule has 0 bridgehead atoms. The molecule has 0 amide bonds. The molecular weight excluding hydrogens is 289 g/mol. The van der Waals surface area contributed by atoms with E-state index in [0.29, 0.717) is 12.0 Å².